The Labute approximate surface area is 448 Å². The smallest absolute Gasteiger partial charge is 0.0714 e. The van der Waals surface area contributed by atoms with Gasteiger partial charge in [-0.15, -0.1) is 0 Å². The third-order valence-electron chi connectivity index (χ3n) is 17.6. The van der Waals surface area contributed by atoms with Gasteiger partial charge in [-0.1, -0.05) is 258 Å². The van der Waals surface area contributed by atoms with Crippen LogP contribution in [0, 0.1) is 0 Å². The maximum Gasteiger partial charge on any atom is 0.0714 e. The van der Waals surface area contributed by atoms with Crippen molar-refractivity contribution in [2.75, 3.05) is 4.90 Å². The van der Waals surface area contributed by atoms with E-state index in [0.717, 1.165) is 17.1 Å². The lowest BCUT2D eigenvalue weighted by molar-refractivity contribution is 0.443. The Morgan fingerprint density at radius 1 is 0.320 bits per heavy atom. The molecule has 3 aliphatic carbocycles. The van der Waals surface area contributed by atoms with Crippen LogP contribution in [-0.4, -0.2) is 0 Å². The van der Waals surface area contributed by atoms with E-state index in [0.29, 0.717) is 5.92 Å². The van der Waals surface area contributed by atoms with Gasteiger partial charge in [0.05, 0.1) is 10.8 Å². The van der Waals surface area contributed by atoms with Crippen molar-refractivity contribution in [1.82, 2.24) is 0 Å². The number of benzene rings is 9. The molecule has 3 aliphatic rings. The molecule has 0 aromatic heterocycles. The van der Waals surface area contributed by atoms with E-state index in [1.807, 2.05) is 0 Å². The summed E-state index contributed by atoms with van der Waals surface area (Å²) in [4.78, 5) is 2.56. The highest BCUT2D eigenvalue weighted by molar-refractivity contribution is 5.92. The normalized spacial score (nSPS) is 17.0. The molecular weight excluding hydrogens is 903 g/mol. The van der Waals surface area contributed by atoms with Crippen molar-refractivity contribution in [3.05, 3.63) is 279 Å². The topological polar surface area (TPSA) is 3.24 Å². The van der Waals surface area contributed by atoms with Crippen molar-refractivity contribution in [3.63, 3.8) is 0 Å². The zero-order chi connectivity index (χ0) is 51.9. The molecule has 1 heteroatoms. The summed E-state index contributed by atoms with van der Waals surface area (Å²) in [7, 11) is 0. The van der Waals surface area contributed by atoms with Gasteiger partial charge in [-0.05, 0) is 160 Å². The van der Waals surface area contributed by atoms with E-state index in [9.17, 15) is 0 Å². The van der Waals surface area contributed by atoms with Gasteiger partial charge in [-0.25, -0.2) is 0 Å². The van der Waals surface area contributed by atoms with E-state index in [-0.39, 0.29) is 16.2 Å². The van der Waals surface area contributed by atoms with E-state index in [4.69, 9.17) is 0 Å². The molecule has 75 heavy (non-hydrogen) atoms. The van der Waals surface area contributed by atoms with Crippen LogP contribution < -0.4 is 4.90 Å². The molecule has 0 radical (unpaired) electrons. The molecular formula is C74H73N. The van der Waals surface area contributed by atoms with Crippen molar-refractivity contribution < 1.29 is 0 Å². The number of rotatable bonds is 8. The van der Waals surface area contributed by atoms with Crippen LogP contribution in [0.25, 0.3) is 22.3 Å². The van der Waals surface area contributed by atoms with Crippen molar-refractivity contribution >= 4 is 17.1 Å². The van der Waals surface area contributed by atoms with Crippen molar-refractivity contribution in [2.45, 2.75) is 127 Å². The van der Waals surface area contributed by atoms with Gasteiger partial charge >= 0.3 is 0 Å². The number of nitrogens with zero attached hydrogens (tertiary/aromatic N) is 1. The fourth-order valence-corrected chi connectivity index (χ4v) is 13.5. The molecule has 0 amide bonds. The van der Waals surface area contributed by atoms with E-state index in [2.05, 4.69) is 280 Å². The average Bonchev–Trinajstić information content (AvgIpc) is 3.95. The summed E-state index contributed by atoms with van der Waals surface area (Å²) in [5.74, 6) is 0.615. The summed E-state index contributed by atoms with van der Waals surface area (Å²) < 4.78 is 0. The van der Waals surface area contributed by atoms with Crippen molar-refractivity contribution in [3.8, 4) is 22.3 Å². The zero-order valence-corrected chi connectivity index (χ0v) is 45.8. The molecule has 9 aromatic rings. The van der Waals surface area contributed by atoms with Gasteiger partial charge in [-0.3, -0.25) is 0 Å². The quantitative estimate of drug-likeness (QED) is 0.147. The van der Waals surface area contributed by atoms with Crippen LogP contribution in [0.15, 0.2) is 212 Å². The van der Waals surface area contributed by atoms with Gasteiger partial charge in [-0.2, -0.15) is 0 Å². The van der Waals surface area contributed by atoms with Gasteiger partial charge in [0.2, 0.25) is 0 Å². The van der Waals surface area contributed by atoms with Gasteiger partial charge in [0.1, 0.15) is 0 Å². The lowest BCUT2D eigenvalue weighted by Crippen LogP contribution is -2.29. The standard InChI is InChI=1S/C74H73N/c1-70(2,3)52-30-36-56(37-31-52)73(55-22-14-11-15-23-55)66-26-18-16-24-62(66)64-46-44-60(48-68(64)73)75(59-42-28-51(29-43-59)50-20-12-10-13-21-50)61-45-47-65-63-25-17-19-27-67(63)74(69(65)49-61,57-38-32-53(33-39-57)71(4,5)6)58-40-34-54(35-41-58)72(7,8)9/h11,14-19,22-50H,10,12-13,20-21H2,1-9H3. The predicted molar refractivity (Wildman–Crippen MR) is 318 cm³/mol. The molecule has 9 aromatic carbocycles. The van der Waals surface area contributed by atoms with Crippen LogP contribution in [0.5, 0.6) is 0 Å². The molecule has 374 valence electrons. The first-order valence-electron chi connectivity index (χ1n) is 27.9. The number of anilines is 3. The van der Waals surface area contributed by atoms with Gasteiger partial charge in [0, 0.05) is 17.1 Å². The molecule has 0 spiro atoms. The molecule has 0 saturated heterocycles. The van der Waals surface area contributed by atoms with Gasteiger partial charge in [0.15, 0.2) is 0 Å². The molecule has 1 saturated carbocycles. The summed E-state index contributed by atoms with van der Waals surface area (Å²) in [6, 6.07) is 82.8. The number of hydrogen-bond acceptors (Lipinski definition) is 1. The SMILES string of the molecule is CC(C)(C)c1ccc(C2(c3ccccc3)c3ccccc3-c3ccc(N(c4ccc(C5CCCCC5)cc4)c4ccc5c(c4)C(c4ccc(C(C)(C)C)cc4)(c4ccc(C(C)(C)C)cc4)c4ccccc4-5)cc32)cc1. The number of fused-ring (bicyclic) bond motifs is 6. The molecule has 1 nitrogen and oxygen atoms in total. The Balaban J connectivity index is 1.12. The Bertz CT molecular complexity index is 3470. The Kier molecular flexibility index (Phi) is 11.9. The maximum absolute atomic E-state index is 2.56. The van der Waals surface area contributed by atoms with Crippen LogP contribution in [-0.2, 0) is 27.1 Å². The van der Waals surface area contributed by atoms with Gasteiger partial charge in [0.25, 0.3) is 0 Å². The minimum Gasteiger partial charge on any atom is -0.310 e. The van der Waals surface area contributed by atoms with E-state index in [1.165, 1.54) is 121 Å². The second kappa shape index (κ2) is 18.3. The number of hydrogen-bond donors (Lipinski definition) is 0. The molecule has 12 rings (SSSR count). The minimum absolute atomic E-state index is 0.0248. The second-order valence-corrected chi connectivity index (χ2v) is 25.2. The van der Waals surface area contributed by atoms with Crippen LogP contribution in [0.1, 0.15) is 167 Å². The lowest BCUT2D eigenvalue weighted by Gasteiger charge is -2.36. The van der Waals surface area contributed by atoms with Crippen molar-refractivity contribution in [1.29, 1.82) is 0 Å². The minimum atomic E-state index is -0.577. The molecule has 0 aliphatic heterocycles. The fraction of sp³-hybridized carbons (Fsp3) is 0.270. The summed E-state index contributed by atoms with van der Waals surface area (Å²) in [6.45, 7) is 20.8. The first-order valence-corrected chi connectivity index (χ1v) is 27.9. The van der Waals surface area contributed by atoms with Crippen LogP contribution >= 0.6 is 0 Å². The first-order chi connectivity index (χ1) is 36.1. The summed E-state index contributed by atoms with van der Waals surface area (Å²) >= 11 is 0. The largest absolute Gasteiger partial charge is 0.310 e. The summed E-state index contributed by atoms with van der Waals surface area (Å²) in [5.41, 5.74) is 23.4. The lowest BCUT2D eigenvalue weighted by atomic mass is 9.66. The first kappa shape index (κ1) is 48.7. The molecule has 0 bridgehead atoms. The van der Waals surface area contributed by atoms with E-state index >= 15 is 0 Å². The Morgan fingerprint density at radius 2 is 0.667 bits per heavy atom. The Morgan fingerprint density at radius 3 is 1.07 bits per heavy atom. The molecule has 0 heterocycles. The monoisotopic (exact) mass is 976 g/mol. The highest BCUT2D eigenvalue weighted by Gasteiger charge is 2.48. The van der Waals surface area contributed by atoms with Gasteiger partial charge < -0.3 is 4.90 Å². The maximum atomic E-state index is 2.56. The van der Waals surface area contributed by atoms with E-state index in [1.54, 1.807) is 0 Å². The highest BCUT2D eigenvalue weighted by Crippen LogP contribution is 2.60. The molecule has 1 atom stereocenters. The van der Waals surface area contributed by atoms with Crippen LogP contribution in [0.3, 0.4) is 0 Å². The van der Waals surface area contributed by atoms with Crippen LogP contribution in [0.2, 0.25) is 0 Å². The summed E-state index contributed by atoms with van der Waals surface area (Å²) in [5, 5.41) is 0. The Hall–Kier alpha value is -7.22. The average molecular weight is 976 g/mol. The highest BCUT2D eigenvalue weighted by atomic mass is 15.1. The molecule has 0 N–H and O–H groups in total. The third-order valence-corrected chi connectivity index (χ3v) is 17.6. The predicted octanol–water partition coefficient (Wildman–Crippen LogP) is 19.8. The van der Waals surface area contributed by atoms with E-state index < -0.39 is 10.8 Å². The van der Waals surface area contributed by atoms with Crippen molar-refractivity contribution in [2.24, 2.45) is 0 Å². The second-order valence-electron chi connectivity index (χ2n) is 25.2. The fourth-order valence-electron chi connectivity index (χ4n) is 13.5. The summed E-state index contributed by atoms with van der Waals surface area (Å²) in [6.07, 6.45) is 6.52. The molecule has 1 fully saturated rings. The third kappa shape index (κ3) is 8.03. The van der Waals surface area contributed by atoms with Crippen LogP contribution in [0.4, 0.5) is 17.1 Å². The molecule has 1 unspecified atom stereocenters. The zero-order valence-electron chi connectivity index (χ0n) is 45.8.